The standard InChI is InChI=1S/C19H17NO/c20-18(15-8-2-1-3-9-15)13-19(21)17-12-6-10-14-7-4-5-11-16(14)17/h1-12,18H,13,20H2. The summed E-state index contributed by atoms with van der Waals surface area (Å²) < 4.78 is 0. The number of carbonyl (C=O) groups excluding carboxylic acids is 1. The van der Waals surface area contributed by atoms with Crippen LogP contribution in [0.5, 0.6) is 0 Å². The molecule has 104 valence electrons. The predicted molar refractivity (Wildman–Crippen MR) is 86.3 cm³/mol. The quantitative estimate of drug-likeness (QED) is 0.728. The van der Waals surface area contributed by atoms with Gasteiger partial charge in [-0.15, -0.1) is 0 Å². The topological polar surface area (TPSA) is 43.1 Å². The van der Waals surface area contributed by atoms with E-state index in [1.54, 1.807) is 0 Å². The van der Waals surface area contributed by atoms with Crippen molar-refractivity contribution in [3.05, 3.63) is 83.9 Å². The highest BCUT2D eigenvalue weighted by molar-refractivity contribution is 6.08. The van der Waals surface area contributed by atoms with E-state index < -0.39 is 0 Å². The lowest BCUT2D eigenvalue weighted by atomic mass is 9.95. The molecule has 0 aromatic heterocycles. The van der Waals surface area contributed by atoms with Gasteiger partial charge in [0, 0.05) is 18.0 Å². The predicted octanol–water partition coefficient (Wildman–Crippen LogP) is 4.11. The van der Waals surface area contributed by atoms with Crippen LogP contribution < -0.4 is 5.73 Å². The molecule has 1 unspecified atom stereocenters. The third-order valence-electron chi connectivity index (χ3n) is 3.72. The average Bonchev–Trinajstić information content (AvgIpc) is 2.55. The van der Waals surface area contributed by atoms with Gasteiger partial charge in [0.05, 0.1) is 0 Å². The molecule has 2 heteroatoms. The van der Waals surface area contributed by atoms with Crippen LogP contribution in [0.3, 0.4) is 0 Å². The third-order valence-corrected chi connectivity index (χ3v) is 3.72. The molecule has 0 aliphatic rings. The van der Waals surface area contributed by atoms with Gasteiger partial charge in [0.25, 0.3) is 0 Å². The first-order chi connectivity index (χ1) is 10.3. The Balaban J connectivity index is 1.88. The molecule has 21 heavy (non-hydrogen) atoms. The molecule has 0 fully saturated rings. The number of carbonyl (C=O) groups is 1. The van der Waals surface area contributed by atoms with Gasteiger partial charge in [0.1, 0.15) is 0 Å². The van der Waals surface area contributed by atoms with E-state index in [4.69, 9.17) is 5.73 Å². The fraction of sp³-hybridized carbons (Fsp3) is 0.105. The largest absolute Gasteiger partial charge is 0.324 e. The maximum absolute atomic E-state index is 12.6. The second-order valence-electron chi connectivity index (χ2n) is 5.17. The molecule has 0 saturated heterocycles. The van der Waals surface area contributed by atoms with Crippen molar-refractivity contribution in [2.24, 2.45) is 5.73 Å². The Morgan fingerprint density at radius 1 is 0.857 bits per heavy atom. The first-order valence-corrected chi connectivity index (χ1v) is 7.07. The minimum Gasteiger partial charge on any atom is -0.324 e. The molecule has 0 amide bonds. The molecule has 0 radical (unpaired) electrons. The smallest absolute Gasteiger partial charge is 0.165 e. The Morgan fingerprint density at radius 2 is 1.52 bits per heavy atom. The van der Waals surface area contributed by atoms with Gasteiger partial charge in [-0.05, 0) is 16.3 Å². The van der Waals surface area contributed by atoms with Gasteiger partial charge in [-0.2, -0.15) is 0 Å². The number of ketones is 1. The molecule has 0 heterocycles. The molecule has 0 aliphatic heterocycles. The molecule has 2 N–H and O–H groups in total. The van der Waals surface area contributed by atoms with E-state index in [2.05, 4.69) is 0 Å². The summed E-state index contributed by atoms with van der Waals surface area (Å²) in [5, 5.41) is 2.07. The molecule has 0 bridgehead atoms. The van der Waals surface area contributed by atoms with Crippen molar-refractivity contribution < 1.29 is 4.79 Å². The maximum atomic E-state index is 12.6. The van der Waals surface area contributed by atoms with Gasteiger partial charge in [0.15, 0.2) is 5.78 Å². The molecule has 2 nitrogen and oxygen atoms in total. The number of benzene rings is 3. The Hall–Kier alpha value is -2.45. The van der Waals surface area contributed by atoms with E-state index in [-0.39, 0.29) is 11.8 Å². The fourth-order valence-electron chi connectivity index (χ4n) is 2.60. The van der Waals surface area contributed by atoms with Crippen molar-refractivity contribution in [1.82, 2.24) is 0 Å². The normalized spacial score (nSPS) is 12.2. The highest BCUT2D eigenvalue weighted by Crippen LogP contribution is 2.22. The first kappa shape index (κ1) is 13.5. The molecule has 3 aromatic carbocycles. The van der Waals surface area contributed by atoms with E-state index >= 15 is 0 Å². The lowest BCUT2D eigenvalue weighted by Crippen LogP contribution is -2.15. The van der Waals surface area contributed by atoms with Gasteiger partial charge < -0.3 is 5.73 Å². The van der Waals surface area contributed by atoms with Crippen molar-refractivity contribution in [3.63, 3.8) is 0 Å². The van der Waals surface area contributed by atoms with Crippen LogP contribution >= 0.6 is 0 Å². The highest BCUT2D eigenvalue weighted by Gasteiger charge is 2.15. The third kappa shape index (κ3) is 2.86. The molecule has 1 atom stereocenters. The summed E-state index contributed by atoms with van der Waals surface area (Å²) in [4.78, 5) is 12.6. The number of hydrogen-bond donors (Lipinski definition) is 1. The zero-order valence-electron chi connectivity index (χ0n) is 11.7. The van der Waals surface area contributed by atoms with E-state index in [0.717, 1.165) is 21.9 Å². The lowest BCUT2D eigenvalue weighted by Gasteiger charge is -2.12. The fourth-order valence-corrected chi connectivity index (χ4v) is 2.60. The molecule has 0 aliphatic carbocycles. The summed E-state index contributed by atoms with van der Waals surface area (Å²) in [5.74, 6) is 0.0863. The highest BCUT2D eigenvalue weighted by atomic mass is 16.1. The maximum Gasteiger partial charge on any atom is 0.165 e. The van der Waals surface area contributed by atoms with Crippen molar-refractivity contribution in [2.75, 3.05) is 0 Å². The van der Waals surface area contributed by atoms with E-state index in [9.17, 15) is 4.79 Å². The van der Waals surface area contributed by atoms with E-state index in [0.29, 0.717) is 6.42 Å². The van der Waals surface area contributed by atoms with Gasteiger partial charge in [-0.1, -0.05) is 72.8 Å². The second kappa shape index (κ2) is 5.90. The summed E-state index contributed by atoms with van der Waals surface area (Å²) in [6.07, 6.45) is 0.317. The van der Waals surface area contributed by atoms with Gasteiger partial charge in [0.2, 0.25) is 0 Å². The Morgan fingerprint density at radius 3 is 2.33 bits per heavy atom. The number of nitrogens with two attached hydrogens (primary N) is 1. The monoisotopic (exact) mass is 275 g/mol. The van der Waals surface area contributed by atoms with Gasteiger partial charge >= 0.3 is 0 Å². The number of rotatable bonds is 4. The summed E-state index contributed by atoms with van der Waals surface area (Å²) >= 11 is 0. The number of fused-ring (bicyclic) bond motifs is 1. The van der Waals surface area contributed by atoms with Crippen LogP contribution in [-0.2, 0) is 0 Å². The van der Waals surface area contributed by atoms with E-state index in [1.807, 2.05) is 72.8 Å². The summed E-state index contributed by atoms with van der Waals surface area (Å²) in [6, 6.07) is 23.2. The van der Waals surface area contributed by atoms with Crippen molar-refractivity contribution >= 4 is 16.6 Å². The van der Waals surface area contributed by atoms with Crippen molar-refractivity contribution in [1.29, 1.82) is 0 Å². The minimum absolute atomic E-state index is 0.0863. The SMILES string of the molecule is NC(CC(=O)c1cccc2ccccc12)c1ccccc1. The molecular formula is C19H17NO. The first-order valence-electron chi connectivity index (χ1n) is 7.07. The Labute approximate surface area is 124 Å². The molecule has 3 rings (SSSR count). The Bertz CT molecular complexity index is 759. The minimum atomic E-state index is -0.266. The van der Waals surface area contributed by atoms with Crippen LogP contribution in [0.1, 0.15) is 28.4 Å². The van der Waals surface area contributed by atoms with Crippen LogP contribution in [0.4, 0.5) is 0 Å². The Kier molecular flexibility index (Phi) is 3.80. The van der Waals surface area contributed by atoms with Crippen molar-refractivity contribution in [3.8, 4) is 0 Å². The van der Waals surface area contributed by atoms with Crippen molar-refractivity contribution in [2.45, 2.75) is 12.5 Å². The summed E-state index contributed by atoms with van der Waals surface area (Å²) in [6.45, 7) is 0. The van der Waals surface area contributed by atoms with Crippen LogP contribution in [0.2, 0.25) is 0 Å². The summed E-state index contributed by atoms with van der Waals surface area (Å²) in [7, 11) is 0. The zero-order valence-corrected chi connectivity index (χ0v) is 11.7. The van der Waals surface area contributed by atoms with Crippen LogP contribution in [0, 0.1) is 0 Å². The van der Waals surface area contributed by atoms with E-state index in [1.165, 1.54) is 0 Å². The number of hydrogen-bond acceptors (Lipinski definition) is 2. The average molecular weight is 275 g/mol. The summed E-state index contributed by atoms with van der Waals surface area (Å²) in [5.41, 5.74) is 7.90. The van der Waals surface area contributed by atoms with Crippen LogP contribution in [-0.4, -0.2) is 5.78 Å². The molecule has 0 saturated carbocycles. The molecule has 0 spiro atoms. The van der Waals surface area contributed by atoms with Crippen LogP contribution in [0.25, 0.3) is 10.8 Å². The lowest BCUT2D eigenvalue weighted by molar-refractivity contribution is 0.0976. The second-order valence-corrected chi connectivity index (χ2v) is 5.17. The van der Waals surface area contributed by atoms with Gasteiger partial charge in [-0.3, -0.25) is 4.79 Å². The number of Topliss-reactive ketones (excluding diaryl/α,β-unsaturated/α-hetero) is 1. The zero-order chi connectivity index (χ0) is 14.7. The van der Waals surface area contributed by atoms with Gasteiger partial charge in [-0.25, -0.2) is 0 Å². The van der Waals surface area contributed by atoms with Crippen LogP contribution in [0.15, 0.2) is 72.8 Å². The molecular weight excluding hydrogens is 258 g/mol. The molecule has 3 aromatic rings.